The first kappa shape index (κ1) is 29.2. The first-order valence-electron chi connectivity index (χ1n) is 18.3. The number of hydrogen-bond donors (Lipinski definition) is 0. The van der Waals surface area contributed by atoms with Gasteiger partial charge in [-0.25, -0.2) is 0 Å². The lowest BCUT2D eigenvalue weighted by molar-refractivity contribution is 0.443. The largest absolute Gasteiger partial charge is 0.251 e. The van der Waals surface area contributed by atoms with E-state index in [4.69, 9.17) is 4.98 Å². The van der Waals surface area contributed by atoms with Gasteiger partial charge in [-0.05, 0) is 113 Å². The summed E-state index contributed by atoms with van der Waals surface area (Å²) in [6, 6.07) is 19.3. The summed E-state index contributed by atoms with van der Waals surface area (Å²) >= 11 is 0. The summed E-state index contributed by atoms with van der Waals surface area (Å²) in [7, 11) is 0. The minimum atomic E-state index is -0.220. The summed E-state index contributed by atoms with van der Waals surface area (Å²) < 4.78 is 0. The van der Waals surface area contributed by atoms with Crippen LogP contribution in [0.4, 0.5) is 0 Å². The molecule has 0 saturated heterocycles. The smallest absolute Gasteiger partial charge is 0.0709 e. The molecule has 0 amide bonds. The highest BCUT2D eigenvalue weighted by Gasteiger charge is 2.51. The van der Waals surface area contributed by atoms with Crippen LogP contribution in [0.5, 0.6) is 0 Å². The lowest BCUT2D eigenvalue weighted by atomic mass is 9.66. The van der Waals surface area contributed by atoms with Crippen molar-refractivity contribution in [1.82, 2.24) is 4.98 Å². The molecular weight excluding hydrogens is 542 g/mol. The van der Waals surface area contributed by atoms with Gasteiger partial charge in [-0.15, -0.1) is 0 Å². The molecule has 4 aromatic rings. The lowest BCUT2D eigenvalue weighted by Crippen LogP contribution is -2.30. The van der Waals surface area contributed by atoms with Gasteiger partial charge < -0.3 is 0 Å². The summed E-state index contributed by atoms with van der Waals surface area (Å²) in [6.45, 7) is 14.5. The first-order valence-corrected chi connectivity index (χ1v) is 18.3. The molecule has 45 heavy (non-hydrogen) atoms. The standard InChI is InChI=1S/C44H51N/c1-7-27(8-2)32-23-33(28(9-3)10-4)26-44(25-32)35-21-20-30-22-31(29-16-12-11-13-17-29)24-36-38(30)39(35)40-41(43(36,5)6)34-18-14-15-19-37(34)45-42(40)44/h14-15,18-25,27-29H,7-13,16-17,26H2,1-6H3. The van der Waals surface area contributed by atoms with Crippen molar-refractivity contribution in [3.05, 3.63) is 99.8 Å². The summed E-state index contributed by atoms with van der Waals surface area (Å²) in [5, 5.41) is 4.29. The third kappa shape index (κ3) is 4.08. The molecule has 8 rings (SSSR count). The number of aromatic nitrogens is 1. The van der Waals surface area contributed by atoms with E-state index in [0.717, 1.165) is 11.9 Å². The fraction of sp³-hybridized carbons (Fsp3) is 0.477. The second kappa shape index (κ2) is 10.7. The molecule has 1 nitrogen and oxygen atoms in total. The molecule has 1 saturated carbocycles. The Morgan fingerprint density at radius 2 is 1.53 bits per heavy atom. The zero-order valence-electron chi connectivity index (χ0n) is 28.5. The van der Waals surface area contributed by atoms with Crippen LogP contribution in [0.3, 0.4) is 0 Å². The molecule has 1 aromatic heterocycles. The van der Waals surface area contributed by atoms with Gasteiger partial charge in [-0.1, -0.05) is 121 Å². The van der Waals surface area contributed by atoms with Crippen molar-refractivity contribution in [1.29, 1.82) is 0 Å². The molecule has 1 unspecified atom stereocenters. The molecule has 4 aliphatic carbocycles. The van der Waals surface area contributed by atoms with E-state index < -0.39 is 0 Å². The molecule has 3 aromatic carbocycles. The van der Waals surface area contributed by atoms with E-state index in [9.17, 15) is 0 Å². The van der Waals surface area contributed by atoms with Crippen LogP contribution >= 0.6 is 0 Å². The van der Waals surface area contributed by atoms with E-state index in [1.807, 2.05) is 0 Å². The summed E-state index contributed by atoms with van der Waals surface area (Å²) in [5.74, 6) is 1.88. The van der Waals surface area contributed by atoms with Crippen LogP contribution < -0.4 is 0 Å². The Kier molecular flexibility index (Phi) is 6.94. The fourth-order valence-electron chi connectivity index (χ4n) is 10.3. The summed E-state index contributed by atoms with van der Waals surface area (Å²) in [5.41, 5.74) is 14.5. The molecule has 0 N–H and O–H groups in total. The number of nitrogens with zero attached hydrogens (tertiary/aromatic N) is 1. The van der Waals surface area contributed by atoms with Gasteiger partial charge in [0.15, 0.2) is 0 Å². The highest BCUT2D eigenvalue weighted by molar-refractivity contribution is 6.11. The van der Waals surface area contributed by atoms with Crippen molar-refractivity contribution in [2.24, 2.45) is 11.8 Å². The molecular formula is C44H51N. The maximum Gasteiger partial charge on any atom is 0.0709 e. The van der Waals surface area contributed by atoms with Gasteiger partial charge in [-0.3, -0.25) is 4.98 Å². The minimum absolute atomic E-state index is 0.114. The highest BCUT2D eigenvalue weighted by atomic mass is 14.8. The molecule has 0 aliphatic heterocycles. The van der Waals surface area contributed by atoms with E-state index in [2.05, 4.69) is 102 Å². The summed E-state index contributed by atoms with van der Waals surface area (Å²) in [4.78, 5) is 5.72. The molecule has 0 bridgehead atoms. The molecule has 1 heteroatoms. The van der Waals surface area contributed by atoms with Gasteiger partial charge in [0, 0.05) is 16.4 Å². The monoisotopic (exact) mass is 593 g/mol. The molecule has 1 atom stereocenters. The van der Waals surface area contributed by atoms with Crippen molar-refractivity contribution < 1.29 is 0 Å². The number of benzene rings is 3. The van der Waals surface area contributed by atoms with Gasteiger partial charge in [-0.2, -0.15) is 0 Å². The van der Waals surface area contributed by atoms with Crippen LogP contribution in [-0.4, -0.2) is 4.98 Å². The molecule has 1 fully saturated rings. The van der Waals surface area contributed by atoms with Crippen LogP contribution in [0.25, 0.3) is 32.8 Å². The SMILES string of the molecule is CCC(CC)C1=CC2(CC(C(CC)CC)=C1)c1ccc3cc(C4CCCCC4)cc4c3c1-c1c2nc2ccccc2c1C4(C)C. The molecule has 0 radical (unpaired) electrons. The molecule has 232 valence electrons. The predicted molar refractivity (Wildman–Crippen MR) is 192 cm³/mol. The third-order valence-corrected chi connectivity index (χ3v) is 12.8. The number of allylic oxidation sites excluding steroid dienone is 4. The predicted octanol–water partition coefficient (Wildman–Crippen LogP) is 12.5. The van der Waals surface area contributed by atoms with E-state index in [-0.39, 0.29) is 10.8 Å². The first-order chi connectivity index (χ1) is 21.9. The lowest BCUT2D eigenvalue weighted by Gasteiger charge is -2.37. The Morgan fingerprint density at radius 3 is 2.27 bits per heavy atom. The van der Waals surface area contributed by atoms with Crippen LogP contribution in [0.1, 0.15) is 140 Å². The van der Waals surface area contributed by atoms with E-state index in [1.165, 1.54) is 102 Å². The Labute approximate surface area is 271 Å². The van der Waals surface area contributed by atoms with Gasteiger partial charge in [0.05, 0.1) is 16.6 Å². The van der Waals surface area contributed by atoms with Crippen LogP contribution in [0.15, 0.2) is 71.8 Å². The van der Waals surface area contributed by atoms with Crippen LogP contribution in [-0.2, 0) is 10.8 Å². The summed E-state index contributed by atoms with van der Waals surface area (Å²) in [6.07, 6.45) is 18.0. The van der Waals surface area contributed by atoms with Crippen LogP contribution in [0, 0.1) is 11.8 Å². The topological polar surface area (TPSA) is 12.9 Å². The van der Waals surface area contributed by atoms with Gasteiger partial charge in [0.2, 0.25) is 0 Å². The zero-order valence-corrected chi connectivity index (χ0v) is 28.5. The van der Waals surface area contributed by atoms with E-state index >= 15 is 0 Å². The minimum Gasteiger partial charge on any atom is -0.251 e. The second-order valence-electron chi connectivity index (χ2n) is 15.4. The Morgan fingerprint density at radius 1 is 0.800 bits per heavy atom. The van der Waals surface area contributed by atoms with Gasteiger partial charge in [0.1, 0.15) is 0 Å². The van der Waals surface area contributed by atoms with Crippen molar-refractivity contribution in [3.8, 4) is 11.1 Å². The van der Waals surface area contributed by atoms with Crippen LogP contribution in [0.2, 0.25) is 0 Å². The van der Waals surface area contributed by atoms with Crippen molar-refractivity contribution in [2.45, 2.75) is 122 Å². The number of pyridine rings is 1. The van der Waals surface area contributed by atoms with Crippen molar-refractivity contribution in [2.75, 3.05) is 0 Å². The van der Waals surface area contributed by atoms with Gasteiger partial charge >= 0.3 is 0 Å². The average Bonchev–Trinajstić information content (AvgIpc) is 3.32. The van der Waals surface area contributed by atoms with Crippen molar-refractivity contribution in [3.63, 3.8) is 0 Å². The number of hydrogen-bond acceptors (Lipinski definition) is 1. The average molecular weight is 594 g/mol. The number of fused-ring (bicyclic) bond motifs is 4. The Hall–Kier alpha value is -3.19. The third-order valence-electron chi connectivity index (χ3n) is 12.8. The Bertz CT molecular complexity index is 1890. The quantitative estimate of drug-likeness (QED) is 0.208. The highest BCUT2D eigenvalue weighted by Crippen LogP contribution is 2.63. The fourth-order valence-corrected chi connectivity index (χ4v) is 10.3. The zero-order chi connectivity index (χ0) is 31.1. The second-order valence-corrected chi connectivity index (χ2v) is 15.4. The van der Waals surface area contributed by atoms with E-state index in [1.54, 1.807) is 22.3 Å². The maximum atomic E-state index is 5.72. The van der Waals surface area contributed by atoms with E-state index in [0.29, 0.717) is 17.8 Å². The Balaban J connectivity index is 1.49. The van der Waals surface area contributed by atoms with Crippen molar-refractivity contribution >= 4 is 21.7 Å². The molecule has 4 aliphatic rings. The molecule has 1 heterocycles. The maximum absolute atomic E-state index is 5.72. The normalized spacial score (nSPS) is 21.8. The van der Waals surface area contributed by atoms with Gasteiger partial charge in [0.25, 0.3) is 0 Å². The number of para-hydroxylation sites is 1. The molecule has 1 spiro atoms. The number of rotatable bonds is 7.